The highest BCUT2D eigenvalue weighted by molar-refractivity contribution is 6.36. The van der Waals surface area contributed by atoms with Gasteiger partial charge in [-0.15, -0.1) is 0 Å². The number of ether oxygens (including phenoxy) is 1. The fourth-order valence-corrected chi connectivity index (χ4v) is 4.77. The monoisotopic (exact) mass is 404 g/mol. The van der Waals surface area contributed by atoms with E-state index in [1.165, 1.54) is 38.5 Å². The number of amides is 1. The number of benzene rings is 1. The molecule has 1 aromatic heterocycles. The molecular weight excluding hydrogens is 376 g/mol. The van der Waals surface area contributed by atoms with Gasteiger partial charge in [-0.1, -0.05) is 56.2 Å². The van der Waals surface area contributed by atoms with Crippen molar-refractivity contribution in [3.8, 4) is 0 Å². The minimum Gasteiger partial charge on any atom is -0.383 e. The molecule has 0 atom stereocenters. The van der Waals surface area contributed by atoms with Crippen LogP contribution in [0.5, 0.6) is 0 Å². The summed E-state index contributed by atoms with van der Waals surface area (Å²) in [6.45, 7) is 1.71. The molecule has 1 amide bonds. The summed E-state index contributed by atoms with van der Waals surface area (Å²) in [4.78, 5) is 12.9. The van der Waals surface area contributed by atoms with Gasteiger partial charge in [-0.05, 0) is 24.5 Å². The highest BCUT2D eigenvalue weighted by Crippen LogP contribution is 2.31. The first-order valence-electron chi connectivity index (χ1n) is 10.4. The van der Waals surface area contributed by atoms with E-state index in [1.807, 2.05) is 22.9 Å². The highest BCUT2D eigenvalue weighted by Gasteiger charge is 2.37. The van der Waals surface area contributed by atoms with Gasteiger partial charge in [-0.2, -0.15) is 0 Å². The van der Waals surface area contributed by atoms with Gasteiger partial charge in [0.15, 0.2) is 0 Å². The Hall–Kier alpha value is -1.56. The van der Waals surface area contributed by atoms with E-state index in [2.05, 4.69) is 5.32 Å². The highest BCUT2D eigenvalue weighted by atomic mass is 35.5. The van der Waals surface area contributed by atoms with Gasteiger partial charge in [0.05, 0.1) is 35.9 Å². The maximum atomic E-state index is 12.9. The number of carbonyl (C=O) groups excluding carboxylic acids is 1. The number of rotatable bonds is 6. The van der Waals surface area contributed by atoms with Crippen molar-refractivity contribution in [2.24, 2.45) is 5.92 Å². The van der Waals surface area contributed by atoms with Crippen LogP contribution in [-0.4, -0.2) is 40.9 Å². The zero-order chi connectivity index (χ0) is 19.6. The Morgan fingerprint density at radius 3 is 2.68 bits per heavy atom. The molecule has 2 heterocycles. The molecule has 1 aromatic carbocycles. The minimum absolute atomic E-state index is 0.0951. The molecule has 1 saturated heterocycles. The number of fused-ring (bicyclic) bond motifs is 1. The second-order valence-electron chi connectivity index (χ2n) is 8.42. The summed E-state index contributed by atoms with van der Waals surface area (Å²) in [6, 6.07) is 5.61. The lowest BCUT2D eigenvalue weighted by Gasteiger charge is -2.36. The van der Waals surface area contributed by atoms with Crippen molar-refractivity contribution in [2.75, 3.05) is 19.8 Å². The van der Waals surface area contributed by atoms with Crippen molar-refractivity contribution in [2.45, 2.75) is 57.1 Å². The molecule has 2 aromatic rings. The number of halogens is 1. The van der Waals surface area contributed by atoms with Gasteiger partial charge < -0.3 is 19.7 Å². The maximum absolute atomic E-state index is 12.9. The number of hydrogen-bond acceptors (Lipinski definition) is 3. The Kier molecular flexibility index (Phi) is 5.95. The molecule has 2 fully saturated rings. The van der Waals surface area contributed by atoms with Crippen molar-refractivity contribution in [1.29, 1.82) is 0 Å². The van der Waals surface area contributed by atoms with Crippen molar-refractivity contribution in [1.82, 2.24) is 9.88 Å². The van der Waals surface area contributed by atoms with Gasteiger partial charge in [0, 0.05) is 18.1 Å². The van der Waals surface area contributed by atoms with Crippen LogP contribution in [0, 0.1) is 5.92 Å². The Balaban J connectivity index is 1.48. The van der Waals surface area contributed by atoms with E-state index in [4.69, 9.17) is 16.3 Å². The van der Waals surface area contributed by atoms with E-state index in [1.54, 1.807) is 6.07 Å². The smallest absolute Gasteiger partial charge is 0.253 e. The average Bonchev–Trinajstić information content (AvgIpc) is 2.83. The quantitative estimate of drug-likeness (QED) is 0.711. The third kappa shape index (κ3) is 4.22. The van der Waals surface area contributed by atoms with Gasteiger partial charge in [0.1, 0.15) is 5.60 Å². The molecule has 28 heavy (non-hydrogen) atoms. The van der Waals surface area contributed by atoms with E-state index in [0.717, 1.165) is 23.2 Å². The molecule has 1 aliphatic carbocycles. The van der Waals surface area contributed by atoms with Gasteiger partial charge in [-0.3, -0.25) is 4.79 Å². The zero-order valence-corrected chi connectivity index (χ0v) is 17.0. The van der Waals surface area contributed by atoms with Crippen LogP contribution < -0.4 is 5.32 Å². The van der Waals surface area contributed by atoms with Crippen molar-refractivity contribution < 1.29 is 14.6 Å². The van der Waals surface area contributed by atoms with E-state index < -0.39 is 5.60 Å². The molecule has 1 saturated carbocycles. The van der Waals surface area contributed by atoms with Crippen LogP contribution in [0.4, 0.5) is 0 Å². The largest absolute Gasteiger partial charge is 0.383 e. The summed E-state index contributed by atoms with van der Waals surface area (Å²) in [7, 11) is 0. The molecule has 0 radical (unpaired) electrons. The molecule has 1 aliphatic heterocycles. The van der Waals surface area contributed by atoms with Crippen LogP contribution in [0.25, 0.3) is 10.9 Å². The third-order valence-corrected chi connectivity index (χ3v) is 6.43. The van der Waals surface area contributed by atoms with Crippen LogP contribution in [0.1, 0.15) is 55.3 Å². The average molecular weight is 405 g/mol. The molecule has 4 rings (SSSR count). The number of hydrogen-bond donors (Lipinski definition) is 2. The number of carbonyl (C=O) groups is 1. The van der Waals surface area contributed by atoms with Crippen LogP contribution in [0.2, 0.25) is 5.02 Å². The third-order valence-electron chi connectivity index (χ3n) is 6.12. The second kappa shape index (κ2) is 8.44. The van der Waals surface area contributed by atoms with Crippen molar-refractivity contribution in [3.63, 3.8) is 0 Å². The van der Waals surface area contributed by atoms with Crippen molar-refractivity contribution in [3.05, 3.63) is 35.0 Å². The lowest BCUT2D eigenvalue weighted by atomic mass is 9.97. The number of nitrogens with one attached hydrogen (secondary N) is 1. The summed E-state index contributed by atoms with van der Waals surface area (Å²) < 4.78 is 7.07. The number of nitrogens with zero attached hydrogens (tertiary/aromatic N) is 1. The first-order chi connectivity index (χ1) is 13.6. The summed E-state index contributed by atoms with van der Waals surface area (Å²) >= 11 is 6.43. The SMILES string of the molecule is O=C(NCCC1CCCCCC1)c1cn(CC2(O)COC2)c2cccc(Cl)c12. The first-order valence-corrected chi connectivity index (χ1v) is 10.8. The lowest BCUT2D eigenvalue weighted by molar-refractivity contribution is -0.184. The zero-order valence-electron chi connectivity index (χ0n) is 16.3. The normalized spacial score (nSPS) is 19.9. The first kappa shape index (κ1) is 19.7. The molecule has 5 nitrogen and oxygen atoms in total. The van der Waals surface area contributed by atoms with Gasteiger partial charge >= 0.3 is 0 Å². The Labute approximate surface area is 171 Å². The van der Waals surface area contributed by atoms with E-state index in [9.17, 15) is 9.90 Å². The minimum atomic E-state index is -0.874. The fraction of sp³-hybridized carbons (Fsp3) is 0.591. The van der Waals surface area contributed by atoms with Gasteiger partial charge in [0.25, 0.3) is 5.91 Å². The molecule has 2 N–H and O–H groups in total. The molecule has 0 bridgehead atoms. The molecule has 152 valence electrons. The maximum Gasteiger partial charge on any atom is 0.253 e. The molecule has 0 spiro atoms. The Morgan fingerprint density at radius 2 is 2.00 bits per heavy atom. The predicted octanol–water partition coefficient (Wildman–Crippen LogP) is 4.15. The lowest BCUT2D eigenvalue weighted by Crippen LogP contribution is -2.52. The molecule has 0 unspecified atom stereocenters. The predicted molar refractivity (Wildman–Crippen MR) is 111 cm³/mol. The van der Waals surface area contributed by atoms with E-state index in [-0.39, 0.29) is 5.91 Å². The standard InChI is InChI=1S/C22H29ClN2O3/c23-18-8-5-9-19-20(18)17(12-25(19)13-22(27)14-28-15-22)21(26)24-11-10-16-6-3-1-2-4-7-16/h5,8-9,12,16,27H,1-4,6-7,10-11,13-15H2,(H,24,26). The second-order valence-corrected chi connectivity index (χ2v) is 8.83. The summed E-state index contributed by atoms with van der Waals surface area (Å²) in [6.07, 6.45) is 10.7. The summed E-state index contributed by atoms with van der Waals surface area (Å²) in [5.74, 6) is 0.628. The van der Waals surface area contributed by atoms with Gasteiger partial charge in [-0.25, -0.2) is 0 Å². The van der Waals surface area contributed by atoms with Gasteiger partial charge in [0.2, 0.25) is 0 Å². The van der Waals surface area contributed by atoms with Crippen LogP contribution in [-0.2, 0) is 11.3 Å². The Bertz CT molecular complexity index is 836. The summed E-state index contributed by atoms with van der Waals surface area (Å²) in [5.41, 5.74) is 0.564. The topological polar surface area (TPSA) is 63.5 Å². The van der Waals surface area contributed by atoms with Crippen LogP contribution in [0.15, 0.2) is 24.4 Å². The van der Waals surface area contributed by atoms with E-state index in [0.29, 0.717) is 36.9 Å². The number of aliphatic hydroxyl groups is 1. The van der Waals surface area contributed by atoms with E-state index >= 15 is 0 Å². The molecular formula is C22H29ClN2O3. The molecule has 6 heteroatoms. The molecule has 2 aliphatic rings. The Morgan fingerprint density at radius 1 is 1.25 bits per heavy atom. The fourth-order valence-electron chi connectivity index (χ4n) is 4.50. The van der Waals surface area contributed by atoms with Crippen LogP contribution in [0.3, 0.4) is 0 Å². The van der Waals surface area contributed by atoms with Crippen LogP contribution >= 0.6 is 11.6 Å². The number of aromatic nitrogens is 1. The van der Waals surface area contributed by atoms with Crippen molar-refractivity contribution >= 4 is 28.4 Å². The summed E-state index contributed by atoms with van der Waals surface area (Å²) in [5, 5.41) is 14.9.